The zero-order valence-corrected chi connectivity index (χ0v) is 11.9. The molecule has 0 aromatic carbocycles. The summed E-state index contributed by atoms with van der Waals surface area (Å²) in [5.74, 6) is -1.66. The van der Waals surface area contributed by atoms with Crippen LogP contribution in [0.4, 0.5) is 20.4 Å². The summed E-state index contributed by atoms with van der Waals surface area (Å²) in [6.45, 7) is 2.42. The van der Waals surface area contributed by atoms with Gasteiger partial charge in [-0.3, -0.25) is 4.79 Å². The third-order valence-corrected chi connectivity index (χ3v) is 3.24. The molecule has 0 aliphatic heterocycles. The Hall–Kier alpha value is -2.16. The Kier molecular flexibility index (Phi) is 4.73. The number of H-pyrrole nitrogens is 1. The number of hydrogen-bond acceptors (Lipinski definition) is 6. The first-order valence-electron chi connectivity index (χ1n) is 6.14. The Morgan fingerprint density at radius 1 is 1.33 bits per heavy atom. The fraction of sp³-hybridized carbons (Fsp3) is 0.250. The molecule has 4 N–H and O–H groups in total. The summed E-state index contributed by atoms with van der Waals surface area (Å²) < 4.78 is 27.3. The molecule has 0 bridgehead atoms. The average molecular weight is 313 g/mol. The van der Waals surface area contributed by atoms with Crippen LogP contribution in [-0.4, -0.2) is 21.5 Å². The maximum atomic E-state index is 13.7. The lowest BCUT2D eigenvalue weighted by Gasteiger charge is -2.08. The number of hydrogen-bond donors (Lipinski definition) is 3. The van der Waals surface area contributed by atoms with Crippen molar-refractivity contribution >= 4 is 23.4 Å². The summed E-state index contributed by atoms with van der Waals surface area (Å²) in [6.07, 6.45) is 0.769. The number of nitrogens with zero attached hydrogens (tertiary/aromatic N) is 2. The molecule has 112 valence electrons. The van der Waals surface area contributed by atoms with Gasteiger partial charge in [0.15, 0.2) is 22.6 Å². The van der Waals surface area contributed by atoms with Gasteiger partial charge in [0.1, 0.15) is 10.8 Å². The van der Waals surface area contributed by atoms with Crippen molar-refractivity contribution in [2.75, 3.05) is 17.6 Å². The van der Waals surface area contributed by atoms with E-state index in [2.05, 4.69) is 20.3 Å². The van der Waals surface area contributed by atoms with E-state index in [1.165, 1.54) is 0 Å². The quantitative estimate of drug-likeness (QED) is 0.731. The van der Waals surface area contributed by atoms with Crippen LogP contribution in [0.25, 0.3) is 0 Å². The molecule has 9 heteroatoms. The normalized spacial score (nSPS) is 10.6. The first kappa shape index (κ1) is 15.2. The van der Waals surface area contributed by atoms with Crippen LogP contribution in [-0.2, 0) is 0 Å². The van der Waals surface area contributed by atoms with Crippen molar-refractivity contribution in [3.8, 4) is 0 Å². The Morgan fingerprint density at radius 3 is 2.76 bits per heavy atom. The Bertz CT molecular complexity index is 707. The summed E-state index contributed by atoms with van der Waals surface area (Å²) in [6, 6.07) is 1.84. The molecule has 0 radical (unpaired) electrons. The van der Waals surface area contributed by atoms with Crippen LogP contribution >= 0.6 is 11.8 Å². The lowest BCUT2D eigenvalue weighted by Crippen LogP contribution is -2.10. The molecule has 0 unspecified atom stereocenters. The van der Waals surface area contributed by atoms with Gasteiger partial charge in [0.2, 0.25) is 0 Å². The standard InChI is InChI=1S/C12H13F2N5OS/c1-2-3-16-10-6(13)4-7(14)11(19-10)21-12-17-8(15)5-9(20)18-12/h4-5H,2-3H2,1H3,(H,16,19)(H3,15,17,18,20). The van der Waals surface area contributed by atoms with Crippen molar-refractivity contribution in [2.45, 2.75) is 23.5 Å². The van der Waals surface area contributed by atoms with E-state index >= 15 is 0 Å². The van der Waals surface area contributed by atoms with Gasteiger partial charge in [-0.05, 0) is 18.2 Å². The number of halogens is 2. The van der Waals surface area contributed by atoms with Gasteiger partial charge in [0.05, 0.1) is 0 Å². The summed E-state index contributed by atoms with van der Waals surface area (Å²) in [7, 11) is 0. The number of rotatable bonds is 5. The van der Waals surface area contributed by atoms with Gasteiger partial charge in [0.25, 0.3) is 5.56 Å². The van der Waals surface area contributed by atoms with Gasteiger partial charge < -0.3 is 16.0 Å². The zero-order valence-electron chi connectivity index (χ0n) is 11.1. The van der Waals surface area contributed by atoms with Crippen molar-refractivity contribution in [1.82, 2.24) is 15.0 Å². The minimum Gasteiger partial charge on any atom is -0.383 e. The molecular weight excluding hydrogens is 300 g/mol. The van der Waals surface area contributed by atoms with Gasteiger partial charge in [-0.1, -0.05) is 6.92 Å². The maximum Gasteiger partial charge on any atom is 0.253 e. The largest absolute Gasteiger partial charge is 0.383 e. The van der Waals surface area contributed by atoms with E-state index in [0.717, 1.165) is 30.3 Å². The summed E-state index contributed by atoms with van der Waals surface area (Å²) in [5.41, 5.74) is 4.98. The lowest BCUT2D eigenvalue weighted by atomic mass is 10.4. The lowest BCUT2D eigenvalue weighted by molar-refractivity contribution is 0.550. The van der Waals surface area contributed by atoms with Crippen LogP contribution in [0.15, 0.2) is 27.1 Å². The predicted molar refractivity (Wildman–Crippen MR) is 76.3 cm³/mol. The van der Waals surface area contributed by atoms with Crippen LogP contribution in [0.3, 0.4) is 0 Å². The maximum absolute atomic E-state index is 13.7. The van der Waals surface area contributed by atoms with Crippen molar-refractivity contribution < 1.29 is 8.78 Å². The molecule has 0 atom stereocenters. The van der Waals surface area contributed by atoms with Crippen molar-refractivity contribution in [1.29, 1.82) is 0 Å². The fourth-order valence-electron chi connectivity index (χ4n) is 1.48. The highest BCUT2D eigenvalue weighted by Crippen LogP contribution is 2.27. The van der Waals surface area contributed by atoms with Gasteiger partial charge in [-0.15, -0.1) is 0 Å². The first-order valence-corrected chi connectivity index (χ1v) is 6.96. The second kappa shape index (κ2) is 6.53. The highest BCUT2D eigenvalue weighted by Gasteiger charge is 2.14. The van der Waals surface area contributed by atoms with Gasteiger partial charge in [-0.25, -0.2) is 18.7 Å². The van der Waals surface area contributed by atoms with Crippen LogP contribution in [0, 0.1) is 11.6 Å². The molecule has 2 rings (SSSR count). The summed E-state index contributed by atoms with van der Waals surface area (Å²) in [4.78, 5) is 21.4. The first-order chi connectivity index (χ1) is 9.99. The van der Waals surface area contributed by atoms with E-state index in [-0.39, 0.29) is 21.8 Å². The van der Waals surface area contributed by atoms with Crippen LogP contribution in [0.1, 0.15) is 13.3 Å². The topological polar surface area (TPSA) is 96.7 Å². The van der Waals surface area contributed by atoms with Crippen LogP contribution in [0.5, 0.6) is 0 Å². The highest BCUT2D eigenvalue weighted by atomic mass is 32.2. The fourth-order valence-corrected chi connectivity index (χ4v) is 2.26. The van der Waals surface area contributed by atoms with Crippen molar-refractivity contribution in [2.24, 2.45) is 0 Å². The van der Waals surface area contributed by atoms with Gasteiger partial charge in [0, 0.05) is 18.7 Å². The summed E-state index contributed by atoms with van der Waals surface area (Å²) in [5, 5.41) is 2.73. The van der Waals surface area contributed by atoms with Crippen molar-refractivity contribution in [3.05, 3.63) is 34.1 Å². The van der Waals surface area contributed by atoms with E-state index in [1.54, 1.807) is 0 Å². The number of nitrogen functional groups attached to an aromatic ring is 1. The Balaban J connectivity index is 2.32. The molecule has 0 saturated heterocycles. The molecule has 2 aromatic heterocycles. The zero-order chi connectivity index (χ0) is 15.4. The summed E-state index contributed by atoms with van der Waals surface area (Å²) >= 11 is 0.759. The number of aromatic amines is 1. The van der Waals surface area contributed by atoms with E-state index in [1.807, 2.05) is 6.92 Å². The average Bonchev–Trinajstić information content (AvgIpc) is 2.39. The molecule has 0 fully saturated rings. The third kappa shape index (κ3) is 3.91. The molecule has 0 saturated carbocycles. The third-order valence-electron chi connectivity index (χ3n) is 2.37. The van der Waals surface area contributed by atoms with E-state index < -0.39 is 17.2 Å². The predicted octanol–water partition coefficient (Wildman–Crippen LogP) is 2.00. The number of nitrogens with one attached hydrogen (secondary N) is 2. The molecule has 6 nitrogen and oxygen atoms in total. The van der Waals surface area contributed by atoms with Gasteiger partial charge in [-0.2, -0.15) is 0 Å². The SMILES string of the molecule is CCCNc1nc(Sc2nc(N)cc(=O)[nH]2)c(F)cc1F. The number of nitrogens with two attached hydrogens (primary N) is 1. The van der Waals surface area contributed by atoms with Gasteiger partial charge >= 0.3 is 0 Å². The minimum absolute atomic E-state index is 0.00750. The second-order valence-corrected chi connectivity index (χ2v) is 5.09. The molecule has 2 heterocycles. The number of aromatic nitrogens is 3. The molecule has 0 amide bonds. The molecule has 2 aromatic rings. The van der Waals surface area contributed by atoms with Crippen molar-refractivity contribution in [3.63, 3.8) is 0 Å². The molecular formula is C12H13F2N5OS. The Labute approximate surface area is 123 Å². The van der Waals surface area contributed by atoms with Crippen LogP contribution in [0.2, 0.25) is 0 Å². The number of anilines is 2. The smallest absolute Gasteiger partial charge is 0.253 e. The van der Waals surface area contributed by atoms with Crippen LogP contribution < -0.4 is 16.6 Å². The molecule has 0 spiro atoms. The Morgan fingerprint density at radius 2 is 2.10 bits per heavy atom. The second-order valence-electron chi connectivity index (χ2n) is 4.11. The molecule has 0 aliphatic carbocycles. The van der Waals surface area contributed by atoms with E-state index in [9.17, 15) is 13.6 Å². The highest BCUT2D eigenvalue weighted by molar-refractivity contribution is 7.99. The molecule has 21 heavy (non-hydrogen) atoms. The van der Waals surface area contributed by atoms with E-state index in [4.69, 9.17) is 5.73 Å². The number of pyridine rings is 1. The minimum atomic E-state index is -0.843. The monoisotopic (exact) mass is 313 g/mol. The van der Waals surface area contributed by atoms with E-state index in [0.29, 0.717) is 6.54 Å². The molecule has 0 aliphatic rings.